The smallest absolute Gasteiger partial charge is 0.408 e. The minimum absolute atomic E-state index is 0.0757. The summed E-state index contributed by atoms with van der Waals surface area (Å²) in [7, 11) is 0. The van der Waals surface area contributed by atoms with Crippen LogP contribution in [0.15, 0.2) is 73.8 Å². The monoisotopic (exact) mass is 533 g/mol. The van der Waals surface area contributed by atoms with Crippen molar-refractivity contribution in [2.24, 2.45) is 0 Å². The number of ether oxygens (including phenoxy) is 1. The molecule has 39 heavy (non-hydrogen) atoms. The van der Waals surface area contributed by atoms with E-state index in [-0.39, 0.29) is 24.9 Å². The number of hydrogen-bond donors (Lipinski definition) is 2. The largest absolute Gasteiger partial charge is 0.444 e. The molecule has 0 heterocycles. The fourth-order valence-corrected chi connectivity index (χ4v) is 4.32. The van der Waals surface area contributed by atoms with Crippen LogP contribution in [-0.4, -0.2) is 47.0 Å². The number of benzene rings is 2. The highest BCUT2D eigenvalue weighted by Crippen LogP contribution is 2.25. The van der Waals surface area contributed by atoms with Gasteiger partial charge in [-0.25, -0.2) is 4.79 Å². The fourth-order valence-electron chi connectivity index (χ4n) is 4.32. The van der Waals surface area contributed by atoms with E-state index >= 15 is 0 Å². The summed E-state index contributed by atoms with van der Waals surface area (Å²) < 4.78 is 5.47. The van der Waals surface area contributed by atoms with Gasteiger partial charge in [-0.1, -0.05) is 80.6 Å². The van der Waals surface area contributed by atoms with Crippen molar-refractivity contribution in [1.29, 1.82) is 0 Å². The van der Waals surface area contributed by atoms with Crippen LogP contribution < -0.4 is 10.6 Å². The van der Waals surface area contributed by atoms with Gasteiger partial charge in [0.05, 0.1) is 0 Å². The molecule has 2 aromatic carbocycles. The highest BCUT2D eigenvalue weighted by molar-refractivity contribution is 5.92. The van der Waals surface area contributed by atoms with Crippen LogP contribution in [0.5, 0.6) is 0 Å². The molecule has 2 rings (SSSR count). The topological polar surface area (TPSA) is 87.7 Å². The molecule has 7 heteroatoms. The Balaban J connectivity index is 2.55. The average Bonchev–Trinajstić information content (AvgIpc) is 2.87. The van der Waals surface area contributed by atoms with Crippen LogP contribution in [0.3, 0.4) is 0 Å². The van der Waals surface area contributed by atoms with Gasteiger partial charge in [-0.05, 0) is 56.9 Å². The maximum absolute atomic E-state index is 14.2. The van der Waals surface area contributed by atoms with E-state index < -0.39 is 29.7 Å². The van der Waals surface area contributed by atoms with Crippen LogP contribution in [0.25, 0.3) is 6.08 Å². The number of carbonyl (C=O) groups excluding carboxylic acids is 3. The van der Waals surface area contributed by atoms with Crippen molar-refractivity contribution < 1.29 is 19.1 Å². The number of carbonyl (C=O) groups is 3. The normalized spacial score (nSPS) is 13.4. The van der Waals surface area contributed by atoms with Gasteiger partial charge >= 0.3 is 6.09 Å². The number of nitrogens with one attached hydrogen (secondary N) is 2. The van der Waals surface area contributed by atoms with Crippen LogP contribution in [0.1, 0.15) is 70.2 Å². The van der Waals surface area contributed by atoms with Crippen molar-refractivity contribution in [1.82, 2.24) is 15.5 Å². The second-order valence-electron chi connectivity index (χ2n) is 10.6. The molecule has 3 amide bonds. The molecule has 0 saturated heterocycles. The molecule has 0 aliphatic carbocycles. The summed E-state index contributed by atoms with van der Waals surface area (Å²) in [6.07, 6.45) is 4.50. The summed E-state index contributed by atoms with van der Waals surface area (Å²) >= 11 is 0. The van der Waals surface area contributed by atoms with Gasteiger partial charge in [0.15, 0.2) is 0 Å². The maximum atomic E-state index is 14.2. The van der Waals surface area contributed by atoms with Gasteiger partial charge in [0.2, 0.25) is 11.8 Å². The van der Waals surface area contributed by atoms with Crippen molar-refractivity contribution >= 4 is 24.0 Å². The van der Waals surface area contributed by atoms with E-state index in [0.717, 1.165) is 24.0 Å². The molecule has 0 aliphatic heterocycles. The van der Waals surface area contributed by atoms with Crippen LogP contribution in [0, 0.1) is 0 Å². The molecule has 0 spiro atoms. The van der Waals surface area contributed by atoms with E-state index in [1.165, 1.54) is 4.90 Å². The lowest BCUT2D eigenvalue weighted by atomic mass is 9.98. The van der Waals surface area contributed by atoms with Gasteiger partial charge < -0.3 is 20.3 Å². The van der Waals surface area contributed by atoms with Gasteiger partial charge in [0, 0.05) is 19.0 Å². The first-order valence-electron chi connectivity index (χ1n) is 13.5. The van der Waals surface area contributed by atoms with Crippen LogP contribution in [-0.2, 0) is 20.7 Å². The summed E-state index contributed by atoms with van der Waals surface area (Å²) in [4.78, 5) is 42.3. The molecule has 3 atom stereocenters. The zero-order valence-corrected chi connectivity index (χ0v) is 23.9. The predicted octanol–water partition coefficient (Wildman–Crippen LogP) is 5.83. The van der Waals surface area contributed by atoms with Gasteiger partial charge in [-0.15, -0.1) is 6.58 Å². The summed E-state index contributed by atoms with van der Waals surface area (Å²) in [5.74, 6) is -0.722. The average molecular weight is 534 g/mol. The number of amides is 3. The van der Waals surface area contributed by atoms with Crippen molar-refractivity contribution in [3.05, 3.63) is 90.5 Å². The SMILES string of the molecule is C=CCN(C(=O)C(Cc1ccccc1)NC(=O)OC(C)(C)C)C(C(=O)NC(C)CCC)c1cccc(C=C)c1. The lowest BCUT2D eigenvalue weighted by Crippen LogP contribution is -2.54. The molecule has 0 fully saturated rings. The molecule has 2 aromatic rings. The second kappa shape index (κ2) is 14.9. The molecule has 0 saturated carbocycles. The Kier molecular flexibility index (Phi) is 12.0. The van der Waals surface area contributed by atoms with Gasteiger partial charge in [0.25, 0.3) is 0 Å². The Morgan fingerprint density at radius 2 is 1.72 bits per heavy atom. The van der Waals surface area contributed by atoms with Gasteiger partial charge in [-0.3, -0.25) is 9.59 Å². The number of nitrogens with zero attached hydrogens (tertiary/aromatic N) is 1. The van der Waals surface area contributed by atoms with E-state index in [9.17, 15) is 14.4 Å². The quantitative estimate of drug-likeness (QED) is 0.317. The minimum atomic E-state index is -0.979. The van der Waals surface area contributed by atoms with Crippen molar-refractivity contribution in [3.8, 4) is 0 Å². The zero-order chi connectivity index (χ0) is 29.0. The summed E-state index contributed by atoms with van der Waals surface area (Å²) in [5, 5.41) is 5.82. The van der Waals surface area contributed by atoms with E-state index in [1.54, 1.807) is 32.9 Å². The summed E-state index contributed by atoms with van der Waals surface area (Å²) in [6.45, 7) is 17.1. The van der Waals surface area contributed by atoms with Crippen molar-refractivity contribution in [2.75, 3.05) is 6.54 Å². The first kappa shape index (κ1) is 31.3. The highest BCUT2D eigenvalue weighted by atomic mass is 16.6. The molecule has 7 nitrogen and oxygen atoms in total. The summed E-state index contributed by atoms with van der Waals surface area (Å²) in [6, 6.07) is 14.8. The Morgan fingerprint density at radius 1 is 1.03 bits per heavy atom. The Hall–Kier alpha value is -3.87. The fraction of sp³-hybridized carbons (Fsp3) is 0.406. The Labute approximate surface area is 233 Å². The standard InChI is InChI=1S/C32H43N3O4/c1-8-15-23(4)33-29(36)28(26-19-14-18-24(10-3)21-26)35(20-9-2)30(37)27(22-25-16-12-11-13-17-25)34-31(38)39-32(5,6)7/h9-14,16-19,21,23,27-28H,2-3,8,15,20,22H2,1,4-7H3,(H,33,36)(H,34,38). The molecule has 210 valence electrons. The molecular weight excluding hydrogens is 490 g/mol. The highest BCUT2D eigenvalue weighted by Gasteiger charge is 2.36. The number of alkyl carbamates (subject to hydrolysis) is 1. The van der Waals surface area contributed by atoms with Crippen molar-refractivity contribution in [3.63, 3.8) is 0 Å². The Morgan fingerprint density at radius 3 is 2.31 bits per heavy atom. The zero-order valence-electron chi connectivity index (χ0n) is 23.9. The number of hydrogen-bond acceptors (Lipinski definition) is 4. The second-order valence-corrected chi connectivity index (χ2v) is 10.6. The maximum Gasteiger partial charge on any atom is 0.408 e. The predicted molar refractivity (Wildman–Crippen MR) is 157 cm³/mol. The third kappa shape index (κ3) is 10.1. The number of rotatable bonds is 13. The minimum Gasteiger partial charge on any atom is -0.444 e. The van der Waals surface area contributed by atoms with Crippen LogP contribution in [0.2, 0.25) is 0 Å². The summed E-state index contributed by atoms with van der Waals surface area (Å²) in [5.41, 5.74) is 1.58. The third-order valence-corrected chi connectivity index (χ3v) is 6.01. The lowest BCUT2D eigenvalue weighted by Gasteiger charge is -2.34. The van der Waals surface area contributed by atoms with E-state index in [0.29, 0.717) is 5.56 Å². The van der Waals surface area contributed by atoms with E-state index in [2.05, 4.69) is 30.7 Å². The third-order valence-electron chi connectivity index (χ3n) is 6.01. The van der Waals surface area contributed by atoms with Gasteiger partial charge in [0.1, 0.15) is 17.7 Å². The van der Waals surface area contributed by atoms with E-state index in [4.69, 9.17) is 4.74 Å². The molecule has 0 aromatic heterocycles. The molecule has 0 aliphatic rings. The Bertz CT molecular complexity index is 1120. The molecular formula is C32H43N3O4. The van der Waals surface area contributed by atoms with Gasteiger partial charge in [-0.2, -0.15) is 0 Å². The molecule has 0 bridgehead atoms. The molecule has 2 N–H and O–H groups in total. The van der Waals surface area contributed by atoms with E-state index in [1.807, 2.05) is 61.5 Å². The molecule has 0 radical (unpaired) electrons. The molecule has 3 unspecified atom stereocenters. The van der Waals surface area contributed by atoms with Crippen LogP contribution in [0.4, 0.5) is 4.79 Å². The first-order chi connectivity index (χ1) is 18.5. The van der Waals surface area contributed by atoms with Crippen LogP contribution >= 0.6 is 0 Å². The van der Waals surface area contributed by atoms with Crippen molar-refractivity contribution in [2.45, 2.75) is 77.6 Å². The first-order valence-corrected chi connectivity index (χ1v) is 13.5. The lowest BCUT2D eigenvalue weighted by molar-refractivity contribution is -0.142.